The van der Waals surface area contributed by atoms with Gasteiger partial charge in [0.05, 0.1) is 6.26 Å². The van der Waals surface area contributed by atoms with Gasteiger partial charge in [-0.05, 0) is 30.4 Å². The van der Waals surface area contributed by atoms with Gasteiger partial charge in [0.25, 0.3) is 0 Å². The maximum Gasteiger partial charge on any atom is 0.0751 e. The summed E-state index contributed by atoms with van der Waals surface area (Å²) < 4.78 is 0. The van der Waals surface area contributed by atoms with Gasteiger partial charge in [0, 0.05) is 6.61 Å². The molecule has 1 rings (SSSR count). The Hall–Kier alpha value is -1.28. The minimum absolute atomic E-state index is 0.179. The minimum atomic E-state index is 0.179. The molecule has 1 atom stereocenters. The van der Waals surface area contributed by atoms with Crippen LogP contribution in [0.4, 0.5) is 0 Å². The number of benzene rings is 1. The molecular formula is C12H16O2. The maximum absolute atomic E-state index is 8.91. The molecule has 0 aliphatic rings. The topological polar surface area (TPSA) is 40.5 Å². The zero-order valence-electron chi connectivity index (χ0n) is 8.13. The summed E-state index contributed by atoms with van der Waals surface area (Å²) >= 11 is 0. The average molecular weight is 192 g/mol. The van der Waals surface area contributed by atoms with E-state index in [1.807, 2.05) is 30.3 Å². The molecule has 0 aromatic heterocycles. The van der Waals surface area contributed by atoms with Gasteiger partial charge in [-0.2, -0.15) is 0 Å². The van der Waals surface area contributed by atoms with Crippen molar-refractivity contribution in [3.8, 4) is 0 Å². The molecule has 0 amide bonds. The number of hydrogen-bond donors (Lipinski definition) is 2. The molecule has 1 aromatic carbocycles. The lowest BCUT2D eigenvalue weighted by Crippen LogP contribution is -2.00. The Labute approximate surface area is 84.5 Å². The van der Waals surface area contributed by atoms with Crippen LogP contribution < -0.4 is 0 Å². The first-order chi connectivity index (χ1) is 6.88. The number of allylic oxidation sites excluding steroid dienone is 1. The molecule has 2 N–H and O–H groups in total. The molecule has 0 unspecified atom stereocenters. The lowest BCUT2D eigenvalue weighted by Gasteiger charge is -2.13. The first-order valence-electron chi connectivity index (χ1n) is 4.83. The smallest absolute Gasteiger partial charge is 0.0751 e. The first-order valence-corrected chi connectivity index (χ1v) is 4.83. The lowest BCUT2D eigenvalue weighted by molar-refractivity contribution is 0.275. The van der Waals surface area contributed by atoms with Gasteiger partial charge >= 0.3 is 0 Å². The van der Waals surface area contributed by atoms with E-state index in [2.05, 4.69) is 0 Å². The van der Waals surface area contributed by atoms with Crippen LogP contribution in [0.15, 0.2) is 42.7 Å². The van der Waals surface area contributed by atoms with Crippen LogP contribution in [0.2, 0.25) is 0 Å². The molecule has 0 fully saturated rings. The van der Waals surface area contributed by atoms with Crippen LogP contribution in [0.25, 0.3) is 0 Å². The third-order valence-electron chi connectivity index (χ3n) is 2.27. The van der Waals surface area contributed by atoms with E-state index in [1.54, 1.807) is 6.08 Å². The van der Waals surface area contributed by atoms with Crippen molar-refractivity contribution in [2.45, 2.75) is 18.8 Å². The van der Waals surface area contributed by atoms with E-state index >= 15 is 0 Å². The second-order valence-corrected chi connectivity index (χ2v) is 3.24. The minimum Gasteiger partial charge on any atom is -0.516 e. The fourth-order valence-electron chi connectivity index (χ4n) is 1.53. The van der Waals surface area contributed by atoms with Gasteiger partial charge in [-0.25, -0.2) is 0 Å². The molecule has 0 saturated heterocycles. The summed E-state index contributed by atoms with van der Waals surface area (Å²) in [6.45, 7) is 0.179. The fraction of sp³-hybridized carbons (Fsp3) is 0.333. The van der Waals surface area contributed by atoms with Crippen molar-refractivity contribution in [2.24, 2.45) is 0 Å². The van der Waals surface area contributed by atoms with Gasteiger partial charge in [-0.1, -0.05) is 30.3 Å². The van der Waals surface area contributed by atoms with Gasteiger partial charge < -0.3 is 10.2 Å². The highest BCUT2D eigenvalue weighted by Gasteiger charge is 2.08. The Morgan fingerprint density at radius 3 is 2.50 bits per heavy atom. The van der Waals surface area contributed by atoms with Crippen LogP contribution in [0.5, 0.6) is 0 Å². The molecule has 0 bridgehead atoms. The average Bonchev–Trinajstić information content (AvgIpc) is 2.25. The highest BCUT2D eigenvalue weighted by molar-refractivity contribution is 5.20. The number of aliphatic hydroxyl groups is 2. The van der Waals surface area contributed by atoms with Crippen LogP contribution in [-0.4, -0.2) is 16.8 Å². The van der Waals surface area contributed by atoms with Gasteiger partial charge in [0.2, 0.25) is 0 Å². The summed E-state index contributed by atoms with van der Waals surface area (Å²) in [6.07, 6.45) is 4.27. The molecule has 1 aromatic rings. The second kappa shape index (κ2) is 6.22. The Balaban J connectivity index is 2.67. The third-order valence-corrected chi connectivity index (χ3v) is 2.27. The Kier molecular flexibility index (Phi) is 4.79. The predicted molar refractivity (Wildman–Crippen MR) is 57.3 cm³/mol. The van der Waals surface area contributed by atoms with Gasteiger partial charge in [-0.15, -0.1) is 0 Å². The van der Waals surface area contributed by atoms with Crippen molar-refractivity contribution in [3.05, 3.63) is 48.2 Å². The quantitative estimate of drug-likeness (QED) is 0.704. The van der Waals surface area contributed by atoms with E-state index in [4.69, 9.17) is 10.2 Å². The molecule has 0 heterocycles. The van der Waals surface area contributed by atoms with Crippen molar-refractivity contribution in [2.75, 3.05) is 6.61 Å². The molecule has 0 aliphatic carbocycles. The summed E-state index contributed by atoms with van der Waals surface area (Å²) in [5.74, 6) is 0.296. The van der Waals surface area contributed by atoms with Crippen LogP contribution >= 0.6 is 0 Å². The lowest BCUT2D eigenvalue weighted by atomic mass is 9.93. The zero-order valence-corrected chi connectivity index (χ0v) is 8.13. The third kappa shape index (κ3) is 3.23. The molecule has 2 nitrogen and oxygen atoms in total. The van der Waals surface area contributed by atoms with Crippen LogP contribution in [0.3, 0.4) is 0 Å². The molecule has 0 radical (unpaired) electrons. The van der Waals surface area contributed by atoms with Crippen molar-refractivity contribution in [3.63, 3.8) is 0 Å². The fourth-order valence-corrected chi connectivity index (χ4v) is 1.53. The molecule has 2 heteroatoms. The summed E-state index contributed by atoms with van der Waals surface area (Å²) in [6, 6.07) is 10.0. The standard InChI is InChI=1S/C12H16O2/c13-9-4-7-12(8-10-14)11-5-2-1-3-6-11/h1-6,9,12-14H,7-8,10H2/b9-4+/t12-/m0/s1. The molecular weight excluding hydrogens is 176 g/mol. The van der Waals surface area contributed by atoms with Gasteiger partial charge in [0.1, 0.15) is 0 Å². The Bertz CT molecular complexity index is 267. The van der Waals surface area contributed by atoms with Crippen molar-refractivity contribution in [1.82, 2.24) is 0 Å². The highest BCUT2D eigenvalue weighted by atomic mass is 16.3. The first kappa shape index (κ1) is 10.8. The van der Waals surface area contributed by atoms with Gasteiger partial charge in [-0.3, -0.25) is 0 Å². The summed E-state index contributed by atoms with van der Waals surface area (Å²) in [7, 11) is 0. The van der Waals surface area contributed by atoms with Crippen molar-refractivity contribution >= 4 is 0 Å². The van der Waals surface area contributed by atoms with Gasteiger partial charge in [0.15, 0.2) is 0 Å². The summed E-state index contributed by atoms with van der Waals surface area (Å²) in [5.41, 5.74) is 1.21. The normalized spacial score (nSPS) is 13.2. The number of hydrogen-bond acceptors (Lipinski definition) is 2. The Morgan fingerprint density at radius 1 is 1.21 bits per heavy atom. The van der Waals surface area contributed by atoms with E-state index in [1.165, 1.54) is 5.56 Å². The molecule has 0 saturated carbocycles. The second-order valence-electron chi connectivity index (χ2n) is 3.24. The molecule has 14 heavy (non-hydrogen) atoms. The van der Waals surface area contributed by atoms with E-state index in [9.17, 15) is 0 Å². The molecule has 0 spiro atoms. The van der Waals surface area contributed by atoms with E-state index in [-0.39, 0.29) is 6.61 Å². The van der Waals surface area contributed by atoms with Crippen LogP contribution in [0.1, 0.15) is 24.3 Å². The van der Waals surface area contributed by atoms with Crippen molar-refractivity contribution < 1.29 is 10.2 Å². The van der Waals surface area contributed by atoms with E-state index in [0.717, 1.165) is 19.1 Å². The summed E-state index contributed by atoms with van der Waals surface area (Å²) in [4.78, 5) is 0. The monoisotopic (exact) mass is 192 g/mol. The highest BCUT2D eigenvalue weighted by Crippen LogP contribution is 2.23. The molecule has 76 valence electrons. The van der Waals surface area contributed by atoms with Crippen LogP contribution in [0, 0.1) is 0 Å². The number of aliphatic hydroxyl groups excluding tert-OH is 2. The van der Waals surface area contributed by atoms with Crippen LogP contribution in [-0.2, 0) is 0 Å². The van der Waals surface area contributed by atoms with Crippen molar-refractivity contribution in [1.29, 1.82) is 0 Å². The van der Waals surface area contributed by atoms with E-state index < -0.39 is 0 Å². The predicted octanol–water partition coefficient (Wildman–Crippen LogP) is 2.61. The largest absolute Gasteiger partial charge is 0.516 e. The number of rotatable bonds is 5. The summed E-state index contributed by atoms with van der Waals surface area (Å²) in [5, 5.41) is 17.5. The Morgan fingerprint density at radius 2 is 1.93 bits per heavy atom. The zero-order chi connectivity index (χ0) is 10.2. The molecule has 0 aliphatic heterocycles. The van der Waals surface area contributed by atoms with E-state index in [0.29, 0.717) is 5.92 Å². The maximum atomic E-state index is 8.91. The SMILES string of the molecule is O/C=C/C[C@@H](CCO)c1ccccc1.